The molecule has 2 aromatic rings. The number of halogens is 6. The molecule has 0 saturated carbocycles. The first-order chi connectivity index (χ1) is 10.9. The summed E-state index contributed by atoms with van der Waals surface area (Å²) < 4.78 is 83.5. The van der Waals surface area contributed by atoms with Crippen molar-refractivity contribution in [2.45, 2.75) is 19.3 Å². The molecule has 2 rings (SSSR count). The standard InChI is InChI=1S/C14H14F6N2O2/c1-21(2)5-6-22-4-3-9-7-11(23-13(15,16)17)12(8-10(9)22)24-14(18,19)20/h3-4,7-8H,5-6H2,1-2H3. The molecule has 0 aliphatic rings. The van der Waals surface area contributed by atoms with Gasteiger partial charge in [0.05, 0.1) is 5.52 Å². The van der Waals surface area contributed by atoms with Crippen molar-refractivity contribution in [2.24, 2.45) is 0 Å². The topological polar surface area (TPSA) is 26.6 Å². The fraction of sp³-hybridized carbons (Fsp3) is 0.429. The Morgan fingerprint density at radius 3 is 2.00 bits per heavy atom. The molecule has 0 aliphatic heterocycles. The summed E-state index contributed by atoms with van der Waals surface area (Å²) in [5.41, 5.74) is 0.311. The zero-order valence-electron chi connectivity index (χ0n) is 12.7. The van der Waals surface area contributed by atoms with E-state index in [-0.39, 0.29) is 0 Å². The largest absolute Gasteiger partial charge is 0.573 e. The van der Waals surface area contributed by atoms with Crippen molar-refractivity contribution >= 4 is 10.9 Å². The number of aromatic nitrogens is 1. The maximum absolute atomic E-state index is 12.5. The van der Waals surface area contributed by atoms with Gasteiger partial charge in [0.25, 0.3) is 0 Å². The molecule has 0 fully saturated rings. The minimum absolute atomic E-state index is 0.308. The van der Waals surface area contributed by atoms with Crippen LogP contribution in [0.25, 0.3) is 10.9 Å². The van der Waals surface area contributed by atoms with Gasteiger partial charge in [0.1, 0.15) is 0 Å². The van der Waals surface area contributed by atoms with Gasteiger partial charge in [-0.2, -0.15) is 0 Å². The van der Waals surface area contributed by atoms with Crippen molar-refractivity contribution in [2.75, 3.05) is 20.6 Å². The number of hydrogen-bond donors (Lipinski definition) is 0. The third-order valence-corrected chi connectivity index (χ3v) is 3.08. The van der Waals surface area contributed by atoms with Crippen LogP contribution in [-0.4, -0.2) is 42.8 Å². The Hall–Kier alpha value is -2.10. The lowest BCUT2D eigenvalue weighted by atomic mass is 10.2. The van der Waals surface area contributed by atoms with E-state index in [9.17, 15) is 26.3 Å². The number of hydrogen-bond acceptors (Lipinski definition) is 3. The van der Waals surface area contributed by atoms with Gasteiger partial charge in [-0.25, -0.2) is 0 Å². The molecule has 1 aromatic heterocycles. The summed E-state index contributed by atoms with van der Waals surface area (Å²) in [5.74, 6) is -2.09. The summed E-state index contributed by atoms with van der Waals surface area (Å²) in [5, 5.41) is 0.308. The first-order valence-corrected chi connectivity index (χ1v) is 6.74. The monoisotopic (exact) mass is 356 g/mol. The fourth-order valence-electron chi connectivity index (χ4n) is 2.11. The summed E-state index contributed by atoms with van der Waals surface area (Å²) in [6, 6.07) is 3.25. The highest BCUT2D eigenvalue weighted by atomic mass is 19.4. The zero-order valence-corrected chi connectivity index (χ0v) is 12.7. The number of alkyl halides is 6. The van der Waals surface area contributed by atoms with Gasteiger partial charge in [0.2, 0.25) is 0 Å². The van der Waals surface area contributed by atoms with Crippen molar-refractivity contribution in [3.63, 3.8) is 0 Å². The third kappa shape index (κ3) is 4.95. The Bertz CT molecular complexity index is 706. The molecule has 4 nitrogen and oxygen atoms in total. The van der Waals surface area contributed by atoms with E-state index in [1.165, 1.54) is 6.07 Å². The van der Waals surface area contributed by atoms with E-state index in [4.69, 9.17) is 0 Å². The Labute approximate surface area is 133 Å². The summed E-state index contributed by atoms with van der Waals surface area (Å²) in [6.07, 6.45) is -8.70. The number of benzene rings is 1. The van der Waals surface area contributed by atoms with E-state index >= 15 is 0 Å². The third-order valence-electron chi connectivity index (χ3n) is 3.08. The fourth-order valence-corrected chi connectivity index (χ4v) is 2.11. The molecular weight excluding hydrogens is 342 g/mol. The molecule has 0 saturated heterocycles. The van der Waals surface area contributed by atoms with Crippen molar-refractivity contribution < 1.29 is 35.8 Å². The summed E-state index contributed by atoms with van der Waals surface area (Å²) in [6.45, 7) is 1.04. The average molecular weight is 356 g/mol. The highest BCUT2D eigenvalue weighted by molar-refractivity contribution is 5.84. The predicted octanol–water partition coefficient (Wildman–Crippen LogP) is 4.00. The Kier molecular flexibility index (Phi) is 4.88. The SMILES string of the molecule is CN(C)CCn1ccc2cc(OC(F)(F)F)c(OC(F)(F)F)cc21. The van der Waals surface area contributed by atoms with E-state index in [1.807, 2.05) is 19.0 Å². The molecule has 0 radical (unpaired) electrons. The van der Waals surface area contributed by atoms with Crippen LogP contribution in [0.4, 0.5) is 26.3 Å². The van der Waals surface area contributed by atoms with Crippen molar-refractivity contribution in [1.82, 2.24) is 9.47 Å². The highest BCUT2D eigenvalue weighted by Gasteiger charge is 2.37. The van der Waals surface area contributed by atoms with Crippen LogP contribution >= 0.6 is 0 Å². The predicted molar refractivity (Wildman–Crippen MR) is 73.9 cm³/mol. The molecule has 24 heavy (non-hydrogen) atoms. The molecule has 0 spiro atoms. The quantitative estimate of drug-likeness (QED) is 0.758. The van der Waals surface area contributed by atoms with E-state index in [0.29, 0.717) is 24.0 Å². The average Bonchev–Trinajstić information content (AvgIpc) is 2.75. The van der Waals surface area contributed by atoms with Crippen LogP contribution in [0, 0.1) is 0 Å². The lowest BCUT2D eigenvalue weighted by molar-refractivity contribution is -0.287. The minimum atomic E-state index is -5.14. The van der Waals surface area contributed by atoms with E-state index in [2.05, 4.69) is 9.47 Å². The highest BCUT2D eigenvalue weighted by Crippen LogP contribution is 2.39. The van der Waals surface area contributed by atoms with Gasteiger partial charge in [-0.05, 0) is 26.2 Å². The molecule has 10 heteroatoms. The van der Waals surface area contributed by atoms with Gasteiger partial charge < -0.3 is 18.9 Å². The second-order valence-electron chi connectivity index (χ2n) is 5.27. The normalized spacial score (nSPS) is 12.9. The van der Waals surface area contributed by atoms with Crippen LogP contribution in [0.5, 0.6) is 11.5 Å². The first-order valence-electron chi connectivity index (χ1n) is 6.74. The molecule has 1 heterocycles. The number of rotatable bonds is 5. The van der Waals surface area contributed by atoms with Gasteiger partial charge in [-0.15, -0.1) is 26.3 Å². The number of ether oxygens (including phenoxy) is 2. The summed E-state index contributed by atoms with van der Waals surface area (Å²) in [7, 11) is 3.64. The molecule has 0 bridgehead atoms. The molecule has 0 amide bonds. The van der Waals surface area contributed by atoms with Gasteiger partial charge in [0.15, 0.2) is 11.5 Å². The van der Waals surface area contributed by atoms with Gasteiger partial charge in [-0.3, -0.25) is 0 Å². The van der Waals surface area contributed by atoms with Crippen molar-refractivity contribution in [1.29, 1.82) is 0 Å². The van der Waals surface area contributed by atoms with Gasteiger partial charge >= 0.3 is 12.7 Å². The van der Waals surface area contributed by atoms with E-state index in [0.717, 1.165) is 12.1 Å². The van der Waals surface area contributed by atoms with E-state index in [1.54, 1.807) is 10.8 Å². The molecule has 134 valence electrons. The second-order valence-corrected chi connectivity index (χ2v) is 5.27. The smallest absolute Gasteiger partial charge is 0.402 e. The molecule has 1 aromatic carbocycles. The lowest BCUT2D eigenvalue weighted by Gasteiger charge is -2.16. The van der Waals surface area contributed by atoms with Crippen LogP contribution in [-0.2, 0) is 6.54 Å². The lowest BCUT2D eigenvalue weighted by Crippen LogP contribution is -2.21. The summed E-state index contributed by atoms with van der Waals surface area (Å²) in [4.78, 5) is 1.86. The Balaban J connectivity index is 2.46. The Morgan fingerprint density at radius 2 is 1.50 bits per heavy atom. The molecule has 0 N–H and O–H groups in total. The number of likely N-dealkylation sites (N-methyl/N-ethyl adjacent to an activating group) is 1. The van der Waals surface area contributed by atoms with Gasteiger partial charge in [-0.1, -0.05) is 0 Å². The Morgan fingerprint density at radius 1 is 0.958 bits per heavy atom. The van der Waals surface area contributed by atoms with Crippen LogP contribution in [0.2, 0.25) is 0 Å². The molecule has 0 unspecified atom stereocenters. The molecular formula is C14H14F6N2O2. The van der Waals surface area contributed by atoms with Crippen LogP contribution in [0.1, 0.15) is 0 Å². The zero-order chi connectivity index (χ0) is 18.1. The van der Waals surface area contributed by atoms with Crippen LogP contribution in [0.3, 0.4) is 0 Å². The van der Waals surface area contributed by atoms with E-state index < -0.39 is 24.2 Å². The van der Waals surface area contributed by atoms with Crippen LogP contribution < -0.4 is 9.47 Å². The second kappa shape index (κ2) is 6.42. The number of nitrogens with zero attached hydrogens (tertiary/aromatic N) is 2. The molecule has 0 aliphatic carbocycles. The van der Waals surface area contributed by atoms with Crippen molar-refractivity contribution in [3.8, 4) is 11.5 Å². The van der Waals surface area contributed by atoms with Crippen LogP contribution in [0.15, 0.2) is 24.4 Å². The van der Waals surface area contributed by atoms with Crippen molar-refractivity contribution in [3.05, 3.63) is 24.4 Å². The van der Waals surface area contributed by atoms with Gasteiger partial charge in [0, 0.05) is 30.7 Å². The number of fused-ring (bicyclic) bond motifs is 1. The maximum Gasteiger partial charge on any atom is 0.573 e. The minimum Gasteiger partial charge on any atom is -0.402 e. The first kappa shape index (κ1) is 18.2. The molecule has 0 atom stereocenters. The summed E-state index contributed by atoms with van der Waals surface area (Å²) >= 11 is 0. The maximum atomic E-state index is 12.5.